The van der Waals surface area contributed by atoms with E-state index in [0.717, 1.165) is 33.2 Å². The number of ketones is 2. The zero-order valence-corrected chi connectivity index (χ0v) is 20.9. The second-order valence-electron chi connectivity index (χ2n) is 8.20. The van der Waals surface area contributed by atoms with Gasteiger partial charge in [0.05, 0.1) is 0 Å². The molecule has 0 spiro atoms. The Morgan fingerprint density at radius 3 is 1.37 bits per heavy atom. The minimum atomic E-state index is -1.68. The van der Waals surface area contributed by atoms with Crippen molar-refractivity contribution in [3.05, 3.63) is 12.2 Å². The van der Waals surface area contributed by atoms with Crippen LogP contribution in [-0.4, -0.2) is 34.0 Å². The van der Waals surface area contributed by atoms with E-state index < -0.39 is 23.8 Å². The zero-order chi connectivity index (χ0) is 23.2. The summed E-state index contributed by atoms with van der Waals surface area (Å²) >= 11 is 0.750. The van der Waals surface area contributed by atoms with E-state index in [-0.39, 0.29) is 12.0 Å². The molecule has 5 nitrogen and oxygen atoms in total. The van der Waals surface area contributed by atoms with Gasteiger partial charge < -0.3 is 10.2 Å². The van der Waals surface area contributed by atoms with Crippen LogP contribution < -0.4 is 0 Å². The van der Waals surface area contributed by atoms with Gasteiger partial charge in [0, 0.05) is 6.42 Å². The van der Waals surface area contributed by atoms with Crippen LogP contribution in [0.25, 0.3) is 0 Å². The first-order valence-corrected chi connectivity index (χ1v) is 12.3. The molecule has 2 atom stereocenters. The van der Waals surface area contributed by atoms with Crippen molar-refractivity contribution in [1.82, 2.24) is 0 Å². The molecule has 0 fully saturated rings. The second kappa shape index (κ2) is 23.2. The number of aliphatic hydroxyl groups is 2. The van der Waals surface area contributed by atoms with Gasteiger partial charge in [-0.1, -0.05) is 103 Å². The van der Waals surface area contributed by atoms with E-state index in [4.69, 9.17) is 3.32 Å². The second-order valence-corrected chi connectivity index (χ2v) is 8.20. The Bertz CT molecular complexity index is 453. The van der Waals surface area contributed by atoms with Gasteiger partial charge in [-0.3, -0.25) is 9.59 Å². The third-order valence-corrected chi connectivity index (χ3v) is 5.34. The molecule has 0 saturated heterocycles. The van der Waals surface area contributed by atoms with Gasteiger partial charge >= 0.3 is 23.7 Å². The molecule has 30 heavy (non-hydrogen) atoms. The molecule has 0 amide bonds. The Balaban J connectivity index is 0. The summed E-state index contributed by atoms with van der Waals surface area (Å²) in [5, 5.41) is 19.4. The normalized spacial score (nSPS) is 12.5. The van der Waals surface area contributed by atoms with E-state index in [1.165, 1.54) is 84.0 Å². The summed E-state index contributed by atoms with van der Waals surface area (Å²) in [5.74, 6) is -1.13. The molecule has 2 unspecified atom stereocenters. The monoisotopic (exact) mass is 460 g/mol. The number of hydrogen-bond acceptors (Lipinski definition) is 5. The Morgan fingerprint density at radius 2 is 1.03 bits per heavy atom. The summed E-state index contributed by atoms with van der Waals surface area (Å²) in [6.45, 7) is 7.14. The number of hydrogen-bond donors (Lipinski definition) is 2. The molecule has 0 aromatic heterocycles. The fourth-order valence-electron chi connectivity index (χ4n) is 3.39. The SMILES string of the molecule is C=C(C)C(=O)C(O)C(O)C(=O)CCCCCCCCCCCCCCCCC.[O]=[Ti]. The third kappa shape index (κ3) is 18.3. The van der Waals surface area contributed by atoms with Crippen molar-refractivity contribution < 1.29 is 43.5 Å². The van der Waals surface area contributed by atoms with E-state index in [1.54, 1.807) is 0 Å². The Labute approximate surface area is 195 Å². The molecular formula is C24H44O5Ti. The summed E-state index contributed by atoms with van der Waals surface area (Å²) in [7, 11) is 0. The molecule has 0 radical (unpaired) electrons. The Hall–Kier alpha value is -0.486. The van der Waals surface area contributed by atoms with Crippen molar-refractivity contribution in [1.29, 1.82) is 0 Å². The first-order chi connectivity index (χ1) is 14.4. The van der Waals surface area contributed by atoms with Gasteiger partial charge in [-0.2, -0.15) is 0 Å². The van der Waals surface area contributed by atoms with Crippen molar-refractivity contribution in [3.63, 3.8) is 0 Å². The zero-order valence-electron chi connectivity index (χ0n) is 19.3. The van der Waals surface area contributed by atoms with Crippen LogP contribution in [0.2, 0.25) is 0 Å². The molecule has 6 heteroatoms. The number of unbranched alkanes of at least 4 members (excludes halogenated alkanes) is 14. The summed E-state index contributed by atoms with van der Waals surface area (Å²) < 4.78 is 8.25. The molecule has 0 aliphatic carbocycles. The Morgan fingerprint density at radius 1 is 0.700 bits per heavy atom. The van der Waals surface area contributed by atoms with Crippen molar-refractivity contribution >= 4 is 11.6 Å². The number of Topliss-reactive ketones (excluding diaryl/α,β-unsaturated/α-hetero) is 2. The van der Waals surface area contributed by atoms with Crippen molar-refractivity contribution in [2.24, 2.45) is 0 Å². The molecule has 0 aromatic carbocycles. The summed E-state index contributed by atoms with van der Waals surface area (Å²) in [6, 6.07) is 0. The molecular weight excluding hydrogens is 416 g/mol. The fourth-order valence-corrected chi connectivity index (χ4v) is 3.39. The van der Waals surface area contributed by atoms with Gasteiger partial charge in [0.1, 0.15) is 12.2 Å². The quantitative estimate of drug-likeness (QED) is 0.141. The predicted octanol–water partition coefficient (Wildman–Crippen LogP) is 5.56. The maximum absolute atomic E-state index is 11.9. The molecule has 0 aliphatic rings. The molecule has 0 saturated carbocycles. The summed E-state index contributed by atoms with van der Waals surface area (Å²) in [5.41, 5.74) is 0.145. The minimum absolute atomic E-state index is 0.145. The average molecular weight is 460 g/mol. The predicted molar refractivity (Wildman–Crippen MR) is 117 cm³/mol. The molecule has 0 aliphatic heterocycles. The first kappa shape index (κ1) is 31.7. The van der Waals surface area contributed by atoms with E-state index >= 15 is 0 Å². The third-order valence-electron chi connectivity index (χ3n) is 5.34. The van der Waals surface area contributed by atoms with E-state index in [2.05, 4.69) is 13.5 Å². The molecule has 174 valence electrons. The van der Waals surface area contributed by atoms with Crippen molar-refractivity contribution in [2.75, 3.05) is 0 Å². The number of rotatable bonds is 20. The van der Waals surface area contributed by atoms with Gasteiger partial charge in [0.2, 0.25) is 0 Å². The van der Waals surface area contributed by atoms with Crippen LogP contribution >= 0.6 is 0 Å². The average Bonchev–Trinajstić information content (AvgIpc) is 2.75. The topological polar surface area (TPSA) is 91.7 Å². The van der Waals surface area contributed by atoms with Crippen LogP contribution in [0.1, 0.15) is 117 Å². The van der Waals surface area contributed by atoms with Crippen molar-refractivity contribution in [3.8, 4) is 0 Å². The number of carbonyl (C=O) groups excluding carboxylic acids is 2. The van der Waals surface area contributed by atoms with Crippen LogP contribution in [0, 0.1) is 0 Å². The van der Waals surface area contributed by atoms with Crippen LogP contribution in [0.15, 0.2) is 12.2 Å². The molecule has 0 aromatic rings. The summed E-state index contributed by atoms with van der Waals surface area (Å²) in [4.78, 5) is 23.4. The fraction of sp³-hybridized carbons (Fsp3) is 0.833. The van der Waals surface area contributed by atoms with Crippen LogP contribution in [0.5, 0.6) is 0 Å². The van der Waals surface area contributed by atoms with E-state index in [0.29, 0.717) is 6.42 Å². The summed E-state index contributed by atoms with van der Waals surface area (Å²) in [6.07, 6.45) is 15.7. The maximum atomic E-state index is 11.9. The van der Waals surface area contributed by atoms with Crippen LogP contribution in [0.4, 0.5) is 0 Å². The standard InChI is InChI=1S/C24H44O4.O.Ti/c1-4-5-6-7-8-9-10-11-12-13-14-15-16-17-18-19-21(25)23(27)24(28)22(26)20(2)3;;/h23-24,27-28H,2,4-19H2,1,3H3;;. The van der Waals surface area contributed by atoms with Gasteiger partial charge in [-0.25, -0.2) is 0 Å². The Kier molecular flexibility index (Phi) is 24.5. The van der Waals surface area contributed by atoms with E-state index in [9.17, 15) is 19.8 Å². The van der Waals surface area contributed by atoms with Gasteiger partial charge in [-0.05, 0) is 18.9 Å². The van der Waals surface area contributed by atoms with Crippen LogP contribution in [0.3, 0.4) is 0 Å². The van der Waals surface area contributed by atoms with Gasteiger partial charge in [0.25, 0.3) is 0 Å². The molecule has 0 heterocycles. The number of carbonyl (C=O) groups is 2. The van der Waals surface area contributed by atoms with Crippen molar-refractivity contribution in [2.45, 2.75) is 129 Å². The molecule has 2 N–H and O–H groups in total. The van der Waals surface area contributed by atoms with Gasteiger partial charge in [0.15, 0.2) is 11.6 Å². The molecule has 0 rings (SSSR count). The number of aliphatic hydroxyl groups excluding tert-OH is 2. The van der Waals surface area contributed by atoms with E-state index in [1.807, 2.05) is 0 Å². The molecule has 0 bridgehead atoms. The first-order valence-electron chi connectivity index (χ1n) is 11.7. The van der Waals surface area contributed by atoms with Crippen LogP contribution in [-0.2, 0) is 33.3 Å². The van der Waals surface area contributed by atoms with Gasteiger partial charge in [-0.15, -0.1) is 0 Å².